The Bertz CT molecular complexity index is 535. The Morgan fingerprint density at radius 1 is 1.70 bits per heavy atom. The number of anilines is 1. The van der Waals surface area contributed by atoms with Gasteiger partial charge in [0, 0.05) is 19.6 Å². The maximum Gasteiger partial charge on any atom is 0.322 e. The molecule has 1 saturated heterocycles. The zero-order valence-corrected chi connectivity index (χ0v) is 12.8. The van der Waals surface area contributed by atoms with Gasteiger partial charge in [-0.15, -0.1) is 0 Å². The van der Waals surface area contributed by atoms with Crippen molar-refractivity contribution in [3.63, 3.8) is 0 Å². The summed E-state index contributed by atoms with van der Waals surface area (Å²) in [4.78, 5) is 16.1. The second-order valence-electron chi connectivity index (χ2n) is 5.17. The lowest BCUT2D eigenvalue weighted by Gasteiger charge is -2.25. The van der Waals surface area contributed by atoms with Gasteiger partial charge in [-0.25, -0.2) is 4.79 Å². The van der Waals surface area contributed by atoms with Gasteiger partial charge in [0.2, 0.25) is 0 Å². The van der Waals surface area contributed by atoms with E-state index in [1.807, 2.05) is 0 Å². The number of carbonyl (C=O) groups is 1. The quantitative estimate of drug-likeness (QED) is 0.923. The summed E-state index contributed by atoms with van der Waals surface area (Å²) in [6.07, 6.45) is 2.31. The van der Waals surface area contributed by atoms with E-state index < -0.39 is 0 Å². The molecule has 0 bridgehead atoms. The van der Waals surface area contributed by atoms with Gasteiger partial charge >= 0.3 is 6.03 Å². The first-order valence-corrected chi connectivity index (χ1v) is 7.39. The number of rotatable bonds is 3. The number of aryl methyl sites for hydroxylation is 1. The van der Waals surface area contributed by atoms with Crippen LogP contribution in [0.1, 0.15) is 24.1 Å². The van der Waals surface area contributed by atoms with Crippen molar-refractivity contribution in [2.75, 3.05) is 32.5 Å². The van der Waals surface area contributed by atoms with Crippen LogP contribution in [0.2, 0.25) is 0 Å². The number of urea groups is 1. The van der Waals surface area contributed by atoms with E-state index in [9.17, 15) is 4.79 Å². The van der Waals surface area contributed by atoms with E-state index in [1.165, 1.54) is 6.42 Å². The van der Waals surface area contributed by atoms with Crippen LogP contribution in [0.3, 0.4) is 0 Å². The molecular weight excluding hydrogens is 274 g/mol. The number of hydrogen-bond acceptors (Lipinski definition) is 5. The predicted octanol–water partition coefficient (Wildman–Crippen LogP) is 1.88. The fourth-order valence-electron chi connectivity index (χ4n) is 2.39. The average molecular weight is 293 g/mol. The van der Waals surface area contributed by atoms with Crippen LogP contribution in [0.25, 0.3) is 0 Å². The molecule has 0 aliphatic carbocycles. The van der Waals surface area contributed by atoms with E-state index in [1.54, 1.807) is 18.9 Å². The molecule has 1 N–H and O–H groups in total. The SMILES string of the molecule is Cc1nsc(NC(=O)N(C)CC2CCCN2C)c1C#N. The maximum absolute atomic E-state index is 12.2. The average Bonchev–Trinajstić information content (AvgIpc) is 2.96. The van der Waals surface area contributed by atoms with E-state index in [0.29, 0.717) is 28.8 Å². The fraction of sp³-hybridized carbons (Fsp3) is 0.615. The van der Waals surface area contributed by atoms with Crippen LogP contribution in [0.4, 0.5) is 9.80 Å². The Hall–Kier alpha value is -1.65. The molecule has 6 nitrogen and oxygen atoms in total. The highest BCUT2D eigenvalue weighted by molar-refractivity contribution is 7.10. The van der Waals surface area contributed by atoms with Crippen LogP contribution >= 0.6 is 11.5 Å². The van der Waals surface area contributed by atoms with E-state index in [0.717, 1.165) is 24.5 Å². The van der Waals surface area contributed by atoms with Gasteiger partial charge in [0.25, 0.3) is 0 Å². The molecule has 2 heterocycles. The molecule has 20 heavy (non-hydrogen) atoms. The number of likely N-dealkylation sites (tertiary alicyclic amines) is 1. The van der Waals surface area contributed by atoms with Gasteiger partial charge in [0.1, 0.15) is 16.6 Å². The highest BCUT2D eigenvalue weighted by Gasteiger charge is 2.24. The number of hydrogen-bond donors (Lipinski definition) is 1. The van der Waals surface area contributed by atoms with Crippen LogP contribution in [-0.4, -0.2) is 53.4 Å². The van der Waals surface area contributed by atoms with Crippen molar-refractivity contribution in [3.05, 3.63) is 11.3 Å². The van der Waals surface area contributed by atoms with Gasteiger partial charge in [0.05, 0.1) is 5.69 Å². The number of carbonyl (C=O) groups excluding carboxylic acids is 1. The van der Waals surface area contributed by atoms with Crippen LogP contribution in [-0.2, 0) is 0 Å². The third-order valence-corrected chi connectivity index (χ3v) is 4.55. The molecule has 1 aliphatic heterocycles. The number of likely N-dealkylation sites (N-methyl/N-ethyl adjacent to an activating group) is 2. The molecule has 1 aromatic rings. The Morgan fingerprint density at radius 2 is 2.45 bits per heavy atom. The Labute approximate surface area is 123 Å². The first-order valence-electron chi connectivity index (χ1n) is 6.61. The first kappa shape index (κ1) is 14.8. The smallest absolute Gasteiger partial charge is 0.322 e. The second-order valence-corrected chi connectivity index (χ2v) is 5.94. The van der Waals surface area contributed by atoms with Gasteiger partial charge in [-0.2, -0.15) is 9.64 Å². The summed E-state index contributed by atoms with van der Waals surface area (Å²) < 4.78 is 4.09. The molecule has 108 valence electrons. The molecule has 0 spiro atoms. The molecular formula is C13H19N5OS. The molecule has 1 unspecified atom stereocenters. The monoisotopic (exact) mass is 293 g/mol. The molecule has 0 saturated carbocycles. The van der Waals surface area contributed by atoms with Crippen molar-refractivity contribution in [2.24, 2.45) is 0 Å². The van der Waals surface area contributed by atoms with Gasteiger partial charge in [-0.1, -0.05) is 0 Å². The summed E-state index contributed by atoms with van der Waals surface area (Å²) >= 11 is 1.15. The van der Waals surface area contributed by atoms with Crippen molar-refractivity contribution in [1.82, 2.24) is 14.2 Å². The van der Waals surface area contributed by atoms with E-state index in [2.05, 4.69) is 27.7 Å². The Morgan fingerprint density at radius 3 is 3.05 bits per heavy atom. The Balaban J connectivity index is 1.95. The largest absolute Gasteiger partial charge is 0.326 e. The van der Waals surface area contributed by atoms with Crippen LogP contribution in [0, 0.1) is 18.3 Å². The number of nitriles is 1. The molecule has 0 aromatic carbocycles. The van der Waals surface area contributed by atoms with Crippen LogP contribution in [0.15, 0.2) is 0 Å². The summed E-state index contributed by atoms with van der Waals surface area (Å²) in [5, 5.41) is 12.4. The summed E-state index contributed by atoms with van der Waals surface area (Å²) in [7, 11) is 3.87. The third-order valence-electron chi connectivity index (χ3n) is 3.70. The summed E-state index contributed by atoms with van der Waals surface area (Å²) in [6.45, 7) is 3.55. The van der Waals surface area contributed by atoms with Crippen LogP contribution in [0.5, 0.6) is 0 Å². The lowest BCUT2D eigenvalue weighted by atomic mass is 10.2. The standard InChI is InChI=1S/C13H19N5OS/c1-9-11(7-14)12(20-16-9)15-13(19)18(3)8-10-5-4-6-17(10)2/h10H,4-6,8H2,1-3H3,(H,15,19). The highest BCUT2D eigenvalue weighted by Crippen LogP contribution is 2.23. The molecule has 0 radical (unpaired) electrons. The van der Waals surface area contributed by atoms with Crippen molar-refractivity contribution in [2.45, 2.75) is 25.8 Å². The van der Waals surface area contributed by atoms with E-state index >= 15 is 0 Å². The minimum Gasteiger partial charge on any atom is -0.326 e. The molecule has 2 amide bonds. The second kappa shape index (κ2) is 6.20. The maximum atomic E-state index is 12.2. The molecule has 1 atom stereocenters. The van der Waals surface area contributed by atoms with Crippen molar-refractivity contribution in [1.29, 1.82) is 5.26 Å². The lowest BCUT2D eigenvalue weighted by molar-refractivity contribution is 0.201. The topological polar surface area (TPSA) is 72.3 Å². The van der Waals surface area contributed by atoms with E-state index in [4.69, 9.17) is 5.26 Å². The minimum absolute atomic E-state index is 0.189. The third kappa shape index (κ3) is 3.08. The summed E-state index contributed by atoms with van der Waals surface area (Å²) in [6, 6.07) is 2.31. The van der Waals surface area contributed by atoms with Crippen molar-refractivity contribution in [3.8, 4) is 6.07 Å². The molecule has 7 heteroatoms. The number of aromatic nitrogens is 1. The van der Waals surface area contributed by atoms with Crippen molar-refractivity contribution >= 4 is 22.6 Å². The molecule has 1 aromatic heterocycles. The summed E-state index contributed by atoms with van der Waals surface area (Å²) in [5.74, 6) is 0. The normalized spacial score (nSPS) is 18.8. The van der Waals surface area contributed by atoms with Crippen LogP contribution < -0.4 is 5.32 Å². The first-order chi connectivity index (χ1) is 9.52. The summed E-state index contributed by atoms with van der Waals surface area (Å²) in [5.41, 5.74) is 1.11. The highest BCUT2D eigenvalue weighted by atomic mass is 32.1. The van der Waals surface area contributed by atoms with Crippen molar-refractivity contribution < 1.29 is 4.79 Å². The molecule has 1 fully saturated rings. The molecule has 2 rings (SSSR count). The zero-order chi connectivity index (χ0) is 14.7. The zero-order valence-electron chi connectivity index (χ0n) is 12.0. The Kier molecular flexibility index (Phi) is 4.57. The number of nitrogens with zero attached hydrogens (tertiary/aromatic N) is 4. The van der Waals surface area contributed by atoms with Gasteiger partial charge in [-0.05, 0) is 44.9 Å². The lowest BCUT2D eigenvalue weighted by Crippen LogP contribution is -2.41. The van der Waals surface area contributed by atoms with Gasteiger partial charge in [-0.3, -0.25) is 5.32 Å². The minimum atomic E-state index is -0.189. The number of amides is 2. The van der Waals surface area contributed by atoms with E-state index in [-0.39, 0.29) is 6.03 Å². The molecule has 1 aliphatic rings. The van der Waals surface area contributed by atoms with Gasteiger partial charge < -0.3 is 9.80 Å². The fourth-order valence-corrected chi connectivity index (χ4v) is 3.13. The number of nitrogens with one attached hydrogen (secondary N) is 1. The predicted molar refractivity (Wildman–Crippen MR) is 78.9 cm³/mol. The van der Waals surface area contributed by atoms with Gasteiger partial charge in [0.15, 0.2) is 0 Å².